The molecule has 1 saturated heterocycles. The molecule has 2 spiro atoms. The molecule has 7 aliphatic rings. The number of ether oxygens (including phenoxy) is 2. The number of likely N-dealkylation sites (tertiary alicyclic amines) is 1. The fourth-order valence-corrected chi connectivity index (χ4v) is 12.2. The van der Waals surface area contributed by atoms with E-state index < -0.39 is 17.7 Å². The van der Waals surface area contributed by atoms with Gasteiger partial charge in [0.15, 0.2) is 11.5 Å². The summed E-state index contributed by atoms with van der Waals surface area (Å²) >= 11 is 9.53. The van der Waals surface area contributed by atoms with E-state index in [1.54, 1.807) is 24.3 Å². The number of carboxylic acid groups (broad SMARTS) is 1. The third kappa shape index (κ3) is 8.91. The minimum atomic E-state index is -1.02. The van der Waals surface area contributed by atoms with Crippen molar-refractivity contribution in [1.29, 1.82) is 0 Å². The maximum absolute atomic E-state index is 13.2. The van der Waals surface area contributed by atoms with Gasteiger partial charge in [0.2, 0.25) is 0 Å². The lowest BCUT2D eigenvalue weighted by Gasteiger charge is -2.75. The second-order valence-corrected chi connectivity index (χ2v) is 20.8. The highest BCUT2D eigenvalue weighted by Crippen LogP contribution is 2.79. The number of nitrogens with zero attached hydrogens (tertiary/aromatic N) is 1. The molecule has 11 nitrogen and oxygen atoms in total. The average Bonchev–Trinajstić information content (AvgIpc) is 4.01. The first kappa shape index (κ1) is 48.0. The van der Waals surface area contributed by atoms with Crippen LogP contribution in [0.15, 0.2) is 91.0 Å². The van der Waals surface area contributed by atoms with Gasteiger partial charge in [-0.15, -0.1) is 23.2 Å². The van der Waals surface area contributed by atoms with Gasteiger partial charge in [0, 0.05) is 40.1 Å². The Kier molecular flexibility index (Phi) is 13.9. The van der Waals surface area contributed by atoms with Crippen LogP contribution in [-0.2, 0) is 27.8 Å². The van der Waals surface area contributed by atoms with Crippen LogP contribution in [-0.4, -0.2) is 74.6 Å². The lowest BCUT2D eigenvalue weighted by Crippen LogP contribution is -2.80. The van der Waals surface area contributed by atoms with E-state index in [-0.39, 0.29) is 50.7 Å². The average molecular weight is 928 g/mol. The molecule has 5 fully saturated rings. The van der Waals surface area contributed by atoms with Gasteiger partial charge in [-0.2, -0.15) is 9.59 Å². The Morgan fingerprint density at radius 1 is 0.908 bits per heavy atom. The van der Waals surface area contributed by atoms with E-state index in [9.17, 15) is 19.8 Å². The summed E-state index contributed by atoms with van der Waals surface area (Å²) in [5.41, 5.74) is 4.04. The molecular weight excluding hydrogens is 867 g/mol. The Bertz CT molecular complexity index is 2380. The number of halogens is 2. The summed E-state index contributed by atoms with van der Waals surface area (Å²) in [7, 11) is 0. The summed E-state index contributed by atoms with van der Waals surface area (Å²) in [4.78, 5) is 43.5. The normalized spacial score (nSPS) is 27.2. The smallest absolute Gasteiger partial charge is 0.417 e. The van der Waals surface area contributed by atoms with Crippen LogP contribution in [0.1, 0.15) is 106 Å². The first-order valence-electron chi connectivity index (χ1n) is 22.4. The number of benzene rings is 4. The summed E-state index contributed by atoms with van der Waals surface area (Å²) in [5, 5.41) is 33.7. The quantitative estimate of drug-likeness (QED) is 0.125. The third-order valence-corrected chi connectivity index (χ3v) is 15.7. The van der Waals surface area contributed by atoms with E-state index >= 15 is 0 Å². The number of anilines is 1. The number of hydrogen-bond acceptors (Lipinski definition) is 9. The fraction of sp³-hybridized carbons (Fsp3) is 0.481. The Balaban J connectivity index is 0.000000263. The number of carbonyl (C=O) groups is 2. The maximum Gasteiger partial charge on any atom is 0.417 e. The van der Waals surface area contributed by atoms with Crippen molar-refractivity contribution in [1.82, 2.24) is 4.90 Å². The third-order valence-electron chi connectivity index (χ3n) is 15.7. The zero-order chi connectivity index (χ0) is 47.0. The van der Waals surface area contributed by atoms with Gasteiger partial charge < -0.3 is 24.8 Å². The molecule has 2 heterocycles. The molecule has 4 saturated carbocycles. The van der Waals surface area contributed by atoms with E-state index in [0.29, 0.717) is 29.0 Å². The first-order chi connectivity index (χ1) is 30.9. The highest BCUT2D eigenvalue weighted by atomic mass is 35.5. The van der Waals surface area contributed by atoms with Crippen LogP contribution in [0.3, 0.4) is 0 Å². The maximum atomic E-state index is 13.2. The summed E-state index contributed by atoms with van der Waals surface area (Å²) in [6, 6.07) is 28.1. The van der Waals surface area contributed by atoms with Gasteiger partial charge in [0.05, 0.1) is 16.5 Å². The van der Waals surface area contributed by atoms with Crippen molar-refractivity contribution in [2.24, 2.45) is 28.1 Å². The van der Waals surface area contributed by atoms with Gasteiger partial charge >= 0.3 is 18.2 Å². The number of fused-ring (bicyclic) bond motifs is 2. The number of carbonyl (C=O) groups excluding carboxylic acids is 3. The van der Waals surface area contributed by atoms with Crippen molar-refractivity contribution < 1.29 is 44.0 Å². The molecule has 4 aromatic rings. The number of nitrogens with one attached hydrogen (secondary N) is 1. The van der Waals surface area contributed by atoms with E-state index in [1.165, 1.54) is 53.8 Å². The number of aromatic carboxylic acids is 1. The number of amides is 1. The van der Waals surface area contributed by atoms with Crippen LogP contribution in [0.4, 0.5) is 10.5 Å². The molecule has 11 rings (SSSR count). The second-order valence-electron chi connectivity index (χ2n) is 20.0. The van der Waals surface area contributed by atoms with Gasteiger partial charge in [0.25, 0.3) is 0 Å². The Morgan fingerprint density at radius 2 is 1.54 bits per heavy atom. The summed E-state index contributed by atoms with van der Waals surface area (Å²) < 4.78 is 13.2. The molecule has 13 heteroatoms. The molecule has 0 radical (unpaired) electrons. The lowest BCUT2D eigenvalue weighted by molar-refractivity contribution is -0.276. The number of hydrogen-bond donors (Lipinski definition) is 4. The van der Waals surface area contributed by atoms with Crippen LogP contribution < -0.4 is 14.8 Å². The minimum Gasteiger partial charge on any atom is -0.508 e. The second kappa shape index (κ2) is 18.8. The lowest BCUT2D eigenvalue weighted by atomic mass is 9.31. The van der Waals surface area contributed by atoms with Crippen molar-refractivity contribution in [3.05, 3.63) is 119 Å². The topological polar surface area (TPSA) is 163 Å². The van der Waals surface area contributed by atoms with Crippen LogP contribution >= 0.6 is 23.2 Å². The van der Waals surface area contributed by atoms with Gasteiger partial charge in [0.1, 0.15) is 11.9 Å². The van der Waals surface area contributed by atoms with Gasteiger partial charge in [-0.1, -0.05) is 76.2 Å². The van der Waals surface area contributed by atoms with Gasteiger partial charge in [-0.25, -0.2) is 9.59 Å². The number of aliphatic hydroxyl groups is 1. The van der Waals surface area contributed by atoms with E-state index in [4.69, 9.17) is 47.4 Å². The van der Waals surface area contributed by atoms with Gasteiger partial charge in [-0.3, -0.25) is 10.2 Å². The van der Waals surface area contributed by atoms with E-state index in [0.717, 1.165) is 51.0 Å². The number of aromatic hydroxyl groups is 1. The Morgan fingerprint density at radius 3 is 2.14 bits per heavy atom. The summed E-state index contributed by atoms with van der Waals surface area (Å²) in [6.07, 6.45) is 8.18. The molecule has 0 aromatic heterocycles. The molecule has 5 aliphatic carbocycles. The van der Waals surface area contributed by atoms with E-state index in [1.807, 2.05) is 36.4 Å². The molecule has 1 unspecified atom stereocenters. The fourth-order valence-electron chi connectivity index (χ4n) is 12.2. The van der Waals surface area contributed by atoms with Crippen molar-refractivity contribution in [2.75, 3.05) is 23.7 Å². The van der Waals surface area contributed by atoms with Gasteiger partial charge in [-0.05, 0) is 141 Å². The summed E-state index contributed by atoms with van der Waals surface area (Å²) in [5.74, 6) is 1.30. The van der Waals surface area contributed by atoms with Crippen molar-refractivity contribution in [3.8, 4) is 17.2 Å². The molecule has 2 aliphatic heterocycles. The number of alkyl halides is 2. The predicted octanol–water partition coefficient (Wildman–Crippen LogP) is 10.5. The highest BCUT2D eigenvalue weighted by Gasteiger charge is 2.80. The minimum absolute atomic E-state index is 0.0203. The summed E-state index contributed by atoms with van der Waals surface area (Å²) in [6.45, 7) is 13.1. The Hall–Kier alpha value is -4.90. The largest absolute Gasteiger partial charge is 0.508 e. The highest BCUT2D eigenvalue weighted by molar-refractivity contribution is 6.40. The van der Waals surface area contributed by atoms with Crippen LogP contribution in [0.2, 0.25) is 0 Å². The number of phenolic OH excluding ortho intramolecular Hbond substituents is 1. The monoisotopic (exact) mass is 926 g/mol. The van der Waals surface area contributed by atoms with Crippen molar-refractivity contribution in [2.45, 2.75) is 109 Å². The number of carboxylic acids is 1. The molecule has 4 N–H and O–H groups in total. The molecule has 346 valence electrons. The molecule has 65 heavy (non-hydrogen) atoms. The SMILES string of the molecule is CC(C)(C)C(C)(O)[C@H]1C[C@@]23CC[C@@]1(C)[C@@H]1Oc4c(OC(=O)Nc5ccc(C(=O)O)cc5)ccc5c4[C@@]12CCN(CC1CC1)[C@@H]3C5.ClCCl.O=C=O.Oc1ccc(Cc2ccccc2)cc1. The number of phenols is 1. The first-order valence-corrected chi connectivity index (χ1v) is 23.5. The zero-order valence-electron chi connectivity index (χ0n) is 37.7. The molecule has 4 aromatic carbocycles. The standard InChI is InChI=1S/C37H46N2O6.C13H12O.CH2Cl2.CO2/c1-33(2,3)35(5,43)26-19-36-15-14-34(26,4)31-37(36)16-17-39(20-21-6-7-21)27(36)18-23-10-13-25(29(45-31)28(23)37)44-32(42)38-24-11-8-22(9-12-24)30(40)41;14-13-8-6-12(7-9-13)10-11-4-2-1-3-5-11;2*2-1-3/h8-13,21,26-27,31,43H,6-7,14-20H2,1-5H3,(H,38,42)(H,40,41);1-9,14H,10H2;1H2;/t26-,27+,31-,34+,35?,36+,37-;;;/m0.../s1. The zero-order valence-corrected chi connectivity index (χ0v) is 39.3. The van der Waals surface area contributed by atoms with E-state index in [2.05, 4.69) is 63.0 Å². The number of piperidine rings is 1. The Labute approximate surface area is 391 Å². The molecule has 7 atom stereocenters. The predicted molar refractivity (Wildman–Crippen MR) is 249 cm³/mol. The van der Waals surface area contributed by atoms with Crippen molar-refractivity contribution in [3.63, 3.8) is 0 Å². The molecule has 1 amide bonds. The van der Waals surface area contributed by atoms with Crippen molar-refractivity contribution >= 4 is 47.1 Å². The number of rotatable bonds is 8. The molecule has 4 bridgehead atoms. The van der Waals surface area contributed by atoms with Crippen LogP contribution in [0.25, 0.3) is 0 Å². The molecular formula is C52H60Cl2N2O9. The van der Waals surface area contributed by atoms with Crippen LogP contribution in [0.5, 0.6) is 17.2 Å². The van der Waals surface area contributed by atoms with Crippen LogP contribution in [0, 0.1) is 28.1 Å².